The first-order valence-electron chi connectivity index (χ1n) is 8.05. The molecule has 0 saturated carbocycles. The fraction of sp³-hybridized carbons (Fsp3) is 0.235. The third kappa shape index (κ3) is 3.94. The number of nitro groups is 1. The molecule has 10 heteroatoms. The first-order valence-corrected chi connectivity index (χ1v) is 8.05. The summed E-state index contributed by atoms with van der Waals surface area (Å²) < 4.78 is 8.31. The predicted molar refractivity (Wildman–Crippen MR) is 96.9 cm³/mol. The Morgan fingerprint density at radius 3 is 2.67 bits per heavy atom. The molecule has 10 nitrogen and oxygen atoms in total. The molecule has 1 amide bonds. The number of hydrogen-bond donors (Lipinski definition) is 1. The number of hydrogen-bond acceptors (Lipinski definition) is 6. The van der Waals surface area contributed by atoms with Crippen molar-refractivity contribution in [2.75, 3.05) is 12.4 Å². The highest BCUT2D eigenvalue weighted by molar-refractivity contribution is 6.04. The van der Waals surface area contributed by atoms with E-state index in [2.05, 4.69) is 15.5 Å². The molecular formula is C17H18N6O4. The van der Waals surface area contributed by atoms with E-state index in [0.717, 1.165) is 11.4 Å². The Morgan fingerprint density at radius 2 is 2.04 bits per heavy atom. The quantitative estimate of drug-likeness (QED) is 0.526. The number of nitrogens with zero attached hydrogens (tertiary/aromatic N) is 5. The van der Waals surface area contributed by atoms with Crippen LogP contribution in [-0.4, -0.2) is 37.5 Å². The third-order valence-electron chi connectivity index (χ3n) is 3.91. The molecule has 0 spiro atoms. The average molecular weight is 370 g/mol. The molecule has 2 aromatic heterocycles. The third-order valence-corrected chi connectivity index (χ3v) is 3.91. The maximum atomic E-state index is 12.4. The molecule has 27 heavy (non-hydrogen) atoms. The van der Waals surface area contributed by atoms with Crippen LogP contribution in [0.5, 0.6) is 5.75 Å². The Morgan fingerprint density at radius 1 is 1.26 bits per heavy atom. The molecule has 2 heterocycles. The summed E-state index contributed by atoms with van der Waals surface area (Å²) in [5.41, 5.74) is 1.82. The van der Waals surface area contributed by atoms with E-state index in [9.17, 15) is 14.9 Å². The van der Waals surface area contributed by atoms with Gasteiger partial charge in [0, 0.05) is 11.9 Å². The van der Waals surface area contributed by atoms with Crippen LogP contribution < -0.4 is 10.1 Å². The Hall–Kier alpha value is -3.69. The monoisotopic (exact) mass is 370 g/mol. The summed E-state index contributed by atoms with van der Waals surface area (Å²) in [4.78, 5) is 23.1. The Labute approximate surface area is 154 Å². The first kappa shape index (κ1) is 18.1. The Bertz CT molecular complexity index is 1010. The number of nitro benzene ring substituents is 1. The van der Waals surface area contributed by atoms with Gasteiger partial charge < -0.3 is 10.1 Å². The van der Waals surface area contributed by atoms with Gasteiger partial charge in [0.15, 0.2) is 5.69 Å². The smallest absolute Gasteiger partial charge is 0.296 e. The topological polar surface area (TPSA) is 117 Å². The van der Waals surface area contributed by atoms with Gasteiger partial charge in [-0.1, -0.05) is 0 Å². The van der Waals surface area contributed by atoms with E-state index < -0.39 is 10.8 Å². The van der Waals surface area contributed by atoms with Crippen molar-refractivity contribution in [1.29, 1.82) is 0 Å². The fourth-order valence-electron chi connectivity index (χ4n) is 2.60. The standard InChI is InChI=1S/C17H18N6O4/c1-11-8-12(2)22(19-11)10-21-7-6-15(20-21)17(24)18-14-5-4-13(27-3)9-16(14)23(25)26/h4-9H,10H2,1-3H3,(H,18,24). The normalized spacial score (nSPS) is 10.6. The van der Waals surface area contributed by atoms with Gasteiger partial charge in [0.2, 0.25) is 0 Å². The van der Waals surface area contributed by atoms with Crippen LogP contribution in [-0.2, 0) is 6.67 Å². The number of aromatic nitrogens is 4. The second-order valence-corrected chi connectivity index (χ2v) is 5.90. The Kier molecular flexibility index (Phi) is 4.88. The highest BCUT2D eigenvalue weighted by Gasteiger charge is 2.19. The molecular weight excluding hydrogens is 352 g/mol. The van der Waals surface area contributed by atoms with Gasteiger partial charge in [-0.25, -0.2) is 4.68 Å². The zero-order valence-electron chi connectivity index (χ0n) is 15.0. The molecule has 0 aliphatic heterocycles. The first-order chi connectivity index (χ1) is 12.9. The molecule has 0 bridgehead atoms. The molecule has 0 aliphatic rings. The van der Waals surface area contributed by atoms with Crippen LogP contribution in [0.4, 0.5) is 11.4 Å². The van der Waals surface area contributed by atoms with Gasteiger partial charge in [-0.05, 0) is 38.1 Å². The number of benzene rings is 1. The molecule has 3 aromatic rings. The Balaban J connectivity index is 1.77. The van der Waals surface area contributed by atoms with Crippen molar-refractivity contribution in [2.24, 2.45) is 0 Å². The minimum Gasteiger partial charge on any atom is -0.496 e. The van der Waals surface area contributed by atoms with Crippen LogP contribution in [0, 0.1) is 24.0 Å². The summed E-state index contributed by atoms with van der Waals surface area (Å²) >= 11 is 0. The highest BCUT2D eigenvalue weighted by atomic mass is 16.6. The van der Waals surface area contributed by atoms with Crippen LogP contribution in [0.15, 0.2) is 36.5 Å². The number of carbonyl (C=O) groups excluding carboxylic acids is 1. The molecule has 0 atom stereocenters. The molecule has 0 unspecified atom stereocenters. The molecule has 0 aliphatic carbocycles. The number of rotatable bonds is 6. The van der Waals surface area contributed by atoms with Crippen LogP contribution in [0.2, 0.25) is 0 Å². The number of ether oxygens (including phenoxy) is 1. The summed E-state index contributed by atoms with van der Waals surface area (Å²) in [6, 6.07) is 7.68. The number of amides is 1. The second-order valence-electron chi connectivity index (χ2n) is 5.90. The molecule has 1 aromatic carbocycles. The summed E-state index contributed by atoms with van der Waals surface area (Å²) in [6.07, 6.45) is 1.65. The predicted octanol–water partition coefficient (Wildman–Crippen LogP) is 2.37. The zero-order chi connectivity index (χ0) is 19.6. The van der Waals surface area contributed by atoms with Crippen LogP contribution in [0.3, 0.4) is 0 Å². The van der Waals surface area contributed by atoms with Crippen molar-refractivity contribution in [2.45, 2.75) is 20.5 Å². The average Bonchev–Trinajstić information content (AvgIpc) is 3.21. The van der Waals surface area contributed by atoms with E-state index in [1.807, 2.05) is 19.9 Å². The van der Waals surface area contributed by atoms with Crippen molar-refractivity contribution in [1.82, 2.24) is 19.6 Å². The van der Waals surface area contributed by atoms with Gasteiger partial charge in [-0.2, -0.15) is 10.2 Å². The number of aryl methyl sites for hydroxylation is 2. The van der Waals surface area contributed by atoms with Crippen LogP contribution >= 0.6 is 0 Å². The van der Waals surface area contributed by atoms with E-state index >= 15 is 0 Å². The molecule has 0 saturated heterocycles. The number of methoxy groups -OCH3 is 1. The summed E-state index contributed by atoms with van der Waals surface area (Å²) in [7, 11) is 1.41. The minimum absolute atomic E-state index is 0.0684. The van der Waals surface area contributed by atoms with Crippen molar-refractivity contribution >= 4 is 17.3 Å². The lowest BCUT2D eigenvalue weighted by molar-refractivity contribution is -0.384. The van der Waals surface area contributed by atoms with E-state index in [4.69, 9.17) is 4.74 Å². The summed E-state index contributed by atoms with van der Waals surface area (Å²) in [6.45, 7) is 4.18. The minimum atomic E-state index is -0.584. The van der Waals surface area contributed by atoms with Crippen molar-refractivity contribution in [3.63, 3.8) is 0 Å². The fourth-order valence-corrected chi connectivity index (χ4v) is 2.60. The largest absolute Gasteiger partial charge is 0.496 e. The van der Waals surface area contributed by atoms with E-state index in [1.165, 1.54) is 31.4 Å². The zero-order valence-corrected chi connectivity index (χ0v) is 15.0. The van der Waals surface area contributed by atoms with Crippen molar-refractivity contribution in [3.05, 3.63) is 63.7 Å². The lowest BCUT2D eigenvalue weighted by Gasteiger charge is -2.07. The van der Waals surface area contributed by atoms with Crippen LogP contribution in [0.1, 0.15) is 21.9 Å². The maximum Gasteiger partial charge on any atom is 0.296 e. The number of carbonyl (C=O) groups is 1. The van der Waals surface area contributed by atoms with Gasteiger partial charge in [0.05, 0.1) is 23.8 Å². The van der Waals surface area contributed by atoms with E-state index in [0.29, 0.717) is 12.4 Å². The summed E-state index contributed by atoms with van der Waals surface area (Å²) in [5, 5.41) is 22.3. The van der Waals surface area contributed by atoms with Gasteiger partial charge in [-0.15, -0.1) is 0 Å². The van der Waals surface area contributed by atoms with Crippen molar-refractivity contribution < 1.29 is 14.5 Å². The molecule has 1 N–H and O–H groups in total. The summed E-state index contributed by atoms with van der Waals surface area (Å²) in [5.74, 6) is -0.218. The van der Waals surface area contributed by atoms with Crippen molar-refractivity contribution in [3.8, 4) is 5.75 Å². The van der Waals surface area contributed by atoms with E-state index in [-0.39, 0.29) is 17.1 Å². The van der Waals surface area contributed by atoms with E-state index in [1.54, 1.807) is 15.6 Å². The highest BCUT2D eigenvalue weighted by Crippen LogP contribution is 2.29. The van der Waals surface area contributed by atoms with Gasteiger partial charge in [0.1, 0.15) is 18.1 Å². The molecule has 3 rings (SSSR count). The molecule has 140 valence electrons. The molecule has 0 radical (unpaired) electrons. The number of anilines is 1. The second kappa shape index (κ2) is 7.28. The maximum absolute atomic E-state index is 12.4. The van der Waals surface area contributed by atoms with Crippen LogP contribution in [0.25, 0.3) is 0 Å². The molecule has 0 fully saturated rings. The van der Waals surface area contributed by atoms with Gasteiger partial charge in [-0.3, -0.25) is 19.6 Å². The lowest BCUT2D eigenvalue weighted by atomic mass is 10.2. The SMILES string of the molecule is COc1ccc(NC(=O)c2ccn(Cn3nc(C)cc3C)n2)c([N+](=O)[O-])c1. The van der Waals surface area contributed by atoms with Gasteiger partial charge >= 0.3 is 0 Å². The van der Waals surface area contributed by atoms with Gasteiger partial charge in [0.25, 0.3) is 11.6 Å². The number of nitrogens with one attached hydrogen (secondary N) is 1. The lowest BCUT2D eigenvalue weighted by Crippen LogP contribution is -2.16.